The van der Waals surface area contributed by atoms with Crippen molar-refractivity contribution in [2.24, 2.45) is 0 Å². The van der Waals surface area contributed by atoms with Crippen LogP contribution in [0.1, 0.15) is 5.69 Å². The van der Waals surface area contributed by atoms with Gasteiger partial charge in [0, 0.05) is 26.3 Å². The number of hydrogen-bond donors (Lipinski definition) is 1. The highest BCUT2D eigenvalue weighted by Crippen LogP contribution is 2.25. The molecule has 0 radical (unpaired) electrons. The van der Waals surface area contributed by atoms with Crippen molar-refractivity contribution in [1.82, 2.24) is 10.1 Å². The molecule has 2 aromatic rings. The molecule has 108 valence electrons. The second-order valence-electron chi connectivity index (χ2n) is 4.26. The summed E-state index contributed by atoms with van der Waals surface area (Å²) >= 11 is 1.57. The zero-order chi connectivity index (χ0) is 14.4. The molecule has 20 heavy (non-hydrogen) atoms. The van der Waals surface area contributed by atoms with Crippen LogP contribution in [0.15, 0.2) is 28.1 Å². The third kappa shape index (κ3) is 4.16. The molecule has 2 rings (SSSR count). The number of carbonyl (C=O) groups is 1. The number of aliphatic carboxylic acids is 1. The van der Waals surface area contributed by atoms with E-state index in [0.717, 1.165) is 4.88 Å². The number of hydrogen-bond acceptors (Lipinski definition) is 6. The third-order valence-corrected chi connectivity index (χ3v) is 3.56. The van der Waals surface area contributed by atoms with Gasteiger partial charge in [0.1, 0.15) is 0 Å². The van der Waals surface area contributed by atoms with E-state index in [4.69, 9.17) is 14.4 Å². The third-order valence-electron chi connectivity index (χ3n) is 2.68. The molecule has 0 bridgehead atoms. The molecule has 1 N–H and O–H groups in total. The number of aromatic nitrogens is 1. The monoisotopic (exact) mass is 296 g/mol. The Morgan fingerprint density at radius 1 is 1.60 bits per heavy atom. The van der Waals surface area contributed by atoms with Crippen molar-refractivity contribution >= 4 is 17.3 Å². The number of ether oxygens (including phenoxy) is 1. The summed E-state index contributed by atoms with van der Waals surface area (Å²) in [5.74, 6) is -0.167. The van der Waals surface area contributed by atoms with Crippen LogP contribution in [0.25, 0.3) is 10.6 Å². The van der Waals surface area contributed by atoms with Crippen molar-refractivity contribution in [3.63, 3.8) is 0 Å². The number of methoxy groups -OCH3 is 1. The van der Waals surface area contributed by atoms with Crippen LogP contribution >= 0.6 is 11.3 Å². The summed E-state index contributed by atoms with van der Waals surface area (Å²) in [6, 6.07) is 5.74. The molecule has 0 fully saturated rings. The maximum atomic E-state index is 10.8. The van der Waals surface area contributed by atoms with Crippen molar-refractivity contribution in [2.75, 3.05) is 26.8 Å². The Morgan fingerprint density at radius 3 is 3.10 bits per heavy atom. The lowest BCUT2D eigenvalue weighted by molar-refractivity contribution is -0.138. The highest BCUT2D eigenvalue weighted by atomic mass is 32.1. The summed E-state index contributed by atoms with van der Waals surface area (Å²) in [4.78, 5) is 13.6. The first kappa shape index (κ1) is 14.7. The van der Waals surface area contributed by atoms with Crippen molar-refractivity contribution in [2.45, 2.75) is 6.54 Å². The minimum absolute atomic E-state index is 0.0510. The average Bonchev–Trinajstić information content (AvgIpc) is 3.05. The van der Waals surface area contributed by atoms with Gasteiger partial charge in [0.15, 0.2) is 5.76 Å². The van der Waals surface area contributed by atoms with E-state index in [0.29, 0.717) is 31.2 Å². The standard InChI is InChI=1S/C13H16N2O4S/c1-18-5-4-15(9-13(16)17)8-10-7-11(19-14-10)12-3-2-6-20-12/h2-3,6-7H,4-5,8-9H2,1H3,(H,16,17). The topological polar surface area (TPSA) is 75.8 Å². The van der Waals surface area contributed by atoms with Crippen LogP contribution in [0, 0.1) is 0 Å². The van der Waals surface area contributed by atoms with Crippen LogP contribution in [0.3, 0.4) is 0 Å². The van der Waals surface area contributed by atoms with Crippen LogP contribution in [0.4, 0.5) is 0 Å². The minimum atomic E-state index is -0.872. The number of nitrogens with zero attached hydrogens (tertiary/aromatic N) is 2. The van der Waals surface area contributed by atoms with Gasteiger partial charge in [-0.05, 0) is 11.4 Å². The van der Waals surface area contributed by atoms with Gasteiger partial charge >= 0.3 is 5.97 Å². The lowest BCUT2D eigenvalue weighted by Crippen LogP contribution is -2.32. The summed E-state index contributed by atoms with van der Waals surface area (Å²) in [6.45, 7) is 1.38. The van der Waals surface area contributed by atoms with Gasteiger partial charge in [-0.25, -0.2) is 0 Å². The molecule has 6 nitrogen and oxygen atoms in total. The molecule has 2 heterocycles. The Bertz CT molecular complexity index is 538. The van der Waals surface area contributed by atoms with Crippen LogP contribution in [-0.4, -0.2) is 47.9 Å². The van der Waals surface area contributed by atoms with Gasteiger partial charge in [0.05, 0.1) is 23.7 Å². The summed E-state index contributed by atoms with van der Waals surface area (Å²) in [5.41, 5.74) is 0.714. The Kier molecular flexibility index (Phi) is 5.28. The predicted molar refractivity (Wildman–Crippen MR) is 74.6 cm³/mol. The molecule has 0 amide bonds. The smallest absolute Gasteiger partial charge is 0.317 e. The summed E-state index contributed by atoms with van der Waals surface area (Å²) in [7, 11) is 1.59. The van der Waals surface area contributed by atoms with Crippen molar-refractivity contribution in [3.05, 3.63) is 29.3 Å². The van der Waals surface area contributed by atoms with Gasteiger partial charge in [-0.2, -0.15) is 0 Å². The maximum Gasteiger partial charge on any atom is 0.317 e. The minimum Gasteiger partial charge on any atom is -0.480 e. The Morgan fingerprint density at radius 2 is 2.45 bits per heavy atom. The first-order valence-corrected chi connectivity index (χ1v) is 6.99. The molecule has 7 heteroatoms. The van der Waals surface area contributed by atoms with Crippen molar-refractivity contribution in [3.8, 4) is 10.6 Å². The number of rotatable bonds is 8. The molecule has 0 aliphatic carbocycles. The van der Waals surface area contributed by atoms with Gasteiger partial charge in [-0.3, -0.25) is 9.69 Å². The molecule has 0 aliphatic heterocycles. The van der Waals surface area contributed by atoms with Crippen molar-refractivity contribution < 1.29 is 19.2 Å². The molecule has 2 aromatic heterocycles. The normalized spacial score (nSPS) is 11.1. The van der Waals surface area contributed by atoms with Gasteiger partial charge in [0.2, 0.25) is 0 Å². The second-order valence-corrected chi connectivity index (χ2v) is 5.20. The fourth-order valence-corrected chi connectivity index (χ4v) is 2.45. The Labute approximate surface area is 120 Å². The Hall–Kier alpha value is -1.70. The van der Waals surface area contributed by atoms with Crippen LogP contribution in [0.2, 0.25) is 0 Å². The average molecular weight is 296 g/mol. The lowest BCUT2D eigenvalue weighted by Gasteiger charge is -2.17. The molecule has 0 aliphatic rings. The second kappa shape index (κ2) is 7.18. The number of carboxylic acid groups (broad SMARTS) is 1. The fourth-order valence-electron chi connectivity index (χ4n) is 1.78. The van der Waals surface area contributed by atoms with Crippen LogP contribution < -0.4 is 0 Å². The molecule has 0 atom stereocenters. The van der Waals surface area contributed by atoms with E-state index in [1.54, 1.807) is 23.3 Å². The SMILES string of the molecule is COCCN(CC(=O)O)Cc1cc(-c2cccs2)on1. The number of carboxylic acids is 1. The number of thiophene rings is 1. The molecular formula is C13H16N2O4S. The molecule has 0 aromatic carbocycles. The molecule has 0 saturated heterocycles. The van der Waals surface area contributed by atoms with Gasteiger partial charge in [0.25, 0.3) is 0 Å². The van der Waals surface area contributed by atoms with E-state index < -0.39 is 5.97 Å². The van der Waals surface area contributed by atoms with Crippen LogP contribution in [0.5, 0.6) is 0 Å². The zero-order valence-electron chi connectivity index (χ0n) is 11.1. The van der Waals surface area contributed by atoms with Crippen molar-refractivity contribution in [1.29, 1.82) is 0 Å². The summed E-state index contributed by atoms with van der Waals surface area (Å²) in [5, 5.41) is 14.8. The molecular weight excluding hydrogens is 280 g/mol. The lowest BCUT2D eigenvalue weighted by atomic mass is 10.3. The van der Waals surface area contributed by atoms with E-state index in [9.17, 15) is 4.79 Å². The van der Waals surface area contributed by atoms with Gasteiger partial charge in [-0.1, -0.05) is 11.2 Å². The van der Waals surface area contributed by atoms with E-state index in [1.807, 2.05) is 23.6 Å². The quantitative estimate of drug-likeness (QED) is 0.802. The van der Waals surface area contributed by atoms with Crippen LogP contribution in [-0.2, 0) is 16.1 Å². The van der Waals surface area contributed by atoms with E-state index in [-0.39, 0.29) is 6.54 Å². The van der Waals surface area contributed by atoms with E-state index >= 15 is 0 Å². The molecule has 0 unspecified atom stereocenters. The highest BCUT2D eigenvalue weighted by Gasteiger charge is 2.14. The Balaban J connectivity index is 2.00. The zero-order valence-corrected chi connectivity index (χ0v) is 11.9. The first-order chi connectivity index (χ1) is 9.69. The van der Waals surface area contributed by atoms with E-state index in [2.05, 4.69) is 5.16 Å². The van der Waals surface area contributed by atoms with Gasteiger partial charge in [-0.15, -0.1) is 11.3 Å². The fraction of sp³-hybridized carbons (Fsp3) is 0.385. The summed E-state index contributed by atoms with van der Waals surface area (Å²) in [6.07, 6.45) is 0. The van der Waals surface area contributed by atoms with Gasteiger partial charge < -0.3 is 14.4 Å². The predicted octanol–water partition coefficient (Wildman–Crippen LogP) is 1.94. The molecule has 0 spiro atoms. The highest BCUT2D eigenvalue weighted by molar-refractivity contribution is 7.13. The molecule has 0 saturated carbocycles. The maximum absolute atomic E-state index is 10.8. The largest absolute Gasteiger partial charge is 0.480 e. The first-order valence-electron chi connectivity index (χ1n) is 6.11. The summed E-state index contributed by atoms with van der Waals surface area (Å²) < 4.78 is 10.3. The van der Waals surface area contributed by atoms with E-state index in [1.165, 1.54) is 0 Å².